The summed E-state index contributed by atoms with van der Waals surface area (Å²) in [5.74, 6) is -1.02. The highest BCUT2D eigenvalue weighted by atomic mass is 35.5. The molecule has 1 atom stereocenters. The van der Waals surface area contributed by atoms with E-state index in [4.69, 9.17) is 5.73 Å². The number of nitrogens with zero attached hydrogens (tertiary/aromatic N) is 1. The second-order valence-electron chi connectivity index (χ2n) is 6.18. The predicted octanol–water partition coefficient (Wildman–Crippen LogP) is 3.30. The maximum absolute atomic E-state index is 13.1. The number of rotatable bonds is 5. The number of halogens is 3. The summed E-state index contributed by atoms with van der Waals surface area (Å²) in [5, 5.41) is 0. The van der Waals surface area contributed by atoms with Crippen LogP contribution in [0.3, 0.4) is 0 Å². The molecule has 0 spiro atoms. The number of piperidine rings is 1. The fourth-order valence-electron chi connectivity index (χ4n) is 2.97. The molecule has 0 saturated carbocycles. The normalized spacial score (nSPS) is 16.8. The third-order valence-corrected chi connectivity index (χ3v) is 4.48. The van der Waals surface area contributed by atoms with Crippen LogP contribution in [0.25, 0.3) is 0 Å². The van der Waals surface area contributed by atoms with E-state index in [0.717, 1.165) is 37.6 Å². The smallest absolute Gasteiger partial charge is 0.222 e. The maximum Gasteiger partial charge on any atom is 0.222 e. The van der Waals surface area contributed by atoms with Gasteiger partial charge in [-0.3, -0.25) is 4.79 Å². The van der Waals surface area contributed by atoms with Crippen LogP contribution in [-0.4, -0.2) is 29.9 Å². The van der Waals surface area contributed by atoms with Crippen molar-refractivity contribution in [2.24, 2.45) is 11.7 Å². The Morgan fingerprint density at radius 3 is 2.52 bits per heavy atom. The van der Waals surface area contributed by atoms with Crippen LogP contribution in [0.5, 0.6) is 0 Å². The third kappa shape index (κ3) is 5.74. The van der Waals surface area contributed by atoms with E-state index in [1.165, 1.54) is 6.07 Å². The van der Waals surface area contributed by atoms with Gasteiger partial charge in [0.05, 0.1) is 0 Å². The predicted molar refractivity (Wildman–Crippen MR) is 89.5 cm³/mol. The first-order valence-electron chi connectivity index (χ1n) is 7.94. The van der Waals surface area contributed by atoms with E-state index < -0.39 is 11.6 Å². The molecule has 1 heterocycles. The number of nitrogens with two attached hydrogens (primary N) is 1. The maximum atomic E-state index is 13.1. The Balaban J connectivity index is 0.00000264. The van der Waals surface area contributed by atoms with Crippen molar-refractivity contribution in [2.45, 2.75) is 45.1 Å². The van der Waals surface area contributed by atoms with Crippen LogP contribution < -0.4 is 5.73 Å². The zero-order valence-corrected chi connectivity index (χ0v) is 14.2. The van der Waals surface area contributed by atoms with Gasteiger partial charge in [0.2, 0.25) is 5.91 Å². The van der Waals surface area contributed by atoms with Crippen LogP contribution >= 0.6 is 12.4 Å². The SMILES string of the molecule is CC(N)C1CCN(C(=O)CCCc2ccc(F)c(F)c2)CC1.Cl. The van der Waals surface area contributed by atoms with Crippen LogP contribution in [-0.2, 0) is 11.2 Å². The summed E-state index contributed by atoms with van der Waals surface area (Å²) < 4.78 is 25.9. The number of amides is 1. The Morgan fingerprint density at radius 2 is 1.96 bits per heavy atom. The molecule has 0 bridgehead atoms. The van der Waals surface area contributed by atoms with Gasteiger partial charge in [0.1, 0.15) is 0 Å². The Bertz CT molecular complexity index is 517. The molecule has 6 heteroatoms. The van der Waals surface area contributed by atoms with Crippen molar-refractivity contribution in [3.63, 3.8) is 0 Å². The zero-order chi connectivity index (χ0) is 16.1. The van der Waals surface area contributed by atoms with Gasteiger partial charge in [-0.2, -0.15) is 0 Å². The summed E-state index contributed by atoms with van der Waals surface area (Å²) in [6.07, 6.45) is 3.61. The molecule has 0 radical (unpaired) electrons. The summed E-state index contributed by atoms with van der Waals surface area (Å²) in [4.78, 5) is 14.0. The lowest BCUT2D eigenvalue weighted by atomic mass is 9.91. The van der Waals surface area contributed by atoms with Crippen molar-refractivity contribution in [1.29, 1.82) is 0 Å². The molecule has 1 aromatic carbocycles. The first-order valence-corrected chi connectivity index (χ1v) is 7.94. The van der Waals surface area contributed by atoms with Gasteiger partial charge in [-0.1, -0.05) is 6.07 Å². The average Bonchev–Trinajstić information content (AvgIpc) is 2.51. The number of hydrogen-bond acceptors (Lipinski definition) is 2. The molecule has 2 N–H and O–H groups in total. The molecule has 130 valence electrons. The molecule has 1 aliphatic heterocycles. The summed E-state index contributed by atoms with van der Waals surface area (Å²) >= 11 is 0. The summed E-state index contributed by atoms with van der Waals surface area (Å²) in [7, 11) is 0. The van der Waals surface area contributed by atoms with Crippen molar-refractivity contribution in [1.82, 2.24) is 4.90 Å². The van der Waals surface area contributed by atoms with Crippen molar-refractivity contribution in [3.8, 4) is 0 Å². The molecule has 1 aliphatic rings. The second-order valence-corrected chi connectivity index (χ2v) is 6.18. The Morgan fingerprint density at radius 1 is 1.30 bits per heavy atom. The van der Waals surface area contributed by atoms with Crippen LogP contribution in [0.4, 0.5) is 8.78 Å². The van der Waals surface area contributed by atoms with Crippen molar-refractivity contribution >= 4 is 18.3 Å². The molecule has 1 aromatic rings. The van der Waals surface area contributed by atoms with Gasteiger partial charge in [0.15, 0.2) is 11.6 Å². The Kier molecular flexibility index (Phi) is 7.92. The number of hydrogen-bond donors (Lipinski definition) is 1. The van der Waals surface area contributed by atoms with E-state index in [1.807, 2.05) is 11.8 Å². The molecule has 1 fully saturated rings. The minimum absolute atomic E-state index is 0. The lowest BCUT2D eigenvalue weighted by molar-refractivity contribution is -0.132. The van der Waals surface area contributed by atoms with Gasteiger partial charge < -0.3 is 10.6 Å². The van der Waals surface area contributed by atoms with Crippen LogP contribution in [0, 0.1) is 17.6 Å². The fourth-order valence-corrected chi connectivity index (χ4v) is 2.97. The molecule has 3 nitrogen and oxygen atoms in total. The van der Waals surface area contributed by atoms with Gasteiger partial charge >= 0.3 is 0 Å². The molecular weight excluding hydrogens is 322 g/mol. The number of likely N-dealkylation sites (tertiary alicyclic amines) is 1. The molecule has 1 amide bonds. The van der Waals surface area contributed by atoms with Crippen molar-refractivity contribution in [3.05, 3.63) is 35.4 Å². The first kappa shape index (κ1) is 19.8. The van der Waals surface area contributed by atoms with Gasteiger partial charge in [0.25, 0.3) is 0 Å². The van der Waals surface area contributed by atoms with Gasteiger partial charge in [0, 0.05) is 25.6 Å². The third-order valence-electron chi connectivity index (χ3n) is 4.48. The lowest BCUT2D eigenvalue weighted by Crippen LogP contribution is -2.42. The molecule has 0 aromatic heterocycles. The lowest BCUT2D eigenvalue weighted by Gasteiger charge is -2.33. The number of carbonyl (C=O) groups excluding carboxylic acids is 1. The zero-order valence-electron chi connectivity index (χ0n) is 13.4. The first-order chi connectivity index (χ1) is 10.5. The highest BCUT2D eigenvalue weighted by Gasteiger charge is 2.24. The number of aryl methyl sites for hydroxylation is 1. The molecule has 1 unspecified atom stereocenters. The summed E-state index contributed by atoms with van der Waals surface area (Å²) in [6.45, 7) is 3.57. The minimum atomic E-state index is -0.836. The fraction of sp³-hybridized carbons (Fsp3) is 0.588. The second kappa shape index (κ2) is 9.18. The van der Waals surface area contributed by atoms with Crippen molar-refractivity contribution < 1.29 is 13.6 Å². The monoisotopic (exact) mass is 346 g/mol. The molecule has 0 aliphatic carbocycles. The van der Waals surface area contributed by atoms with E-state index in [9.17, 15) is 13.6 Å². The van der Waals surface area contributed by atoms with Crippen LogP contribution in [0.2, 0.25) is 0 Å². The summed E-state index contributed by atoms with van der Waals surface area (Å²) in [6, 6.07) is 4.08. The van der Waals surface area contributed by atoms with E-state index in [1.54, 1.807) is 6.07 Å². The van der Waals surface area contributed by atoms with Gasteiger partial charge in [-0.15, -0.1) is 12.4 Å². The highest BCUT2D eigenvalue weighted by Crippen LogP contribution is 2.20. The molecule has 2 rings (SSSR count). The standard InChI is InChI=1S/C17H24F2N2O.ClH/c1-12(20)14-7-9-21(10-8-14)17(22)4-2-3-13-5-6-15(18)16(19)11-13;/h5-6,11-12,14H,2-4,7-10,20H2,1H3;1H. The minimum Gasteiger partial charge on any atom is -0.343 e. The van der Waals surface area contributed by atoms with Crippen LogP contribution in [0.15, 0.2) is 18.2 Å². The molecule has 23 heavy (non-hydrogen) atoms. The van der Waals surface area contributed by atoms with E-state index in [-0.39, 0.29) is 24.4 Å². The Hall–Kier alpha value is -1.20. The highest BCUT2D eigenvalue weighted by molar-refractivity contribution is 5.85. The van der Waals surface area contributed by atoms with Gasteiger partial charge in [-0.05, 0) is 56.2 Å². The quantitative estimate of drug-likeness (QED) is 0.889. The van der Waals surface area contributed by atoms with Crippen LogP contribution in [0.1, 0.15) is 38.2 Å². The summed E-state index contributed by atoms with van der Waals surface area (Å²) in [5.41, 5.74) is 6.62. The van der Waals surface area contributed by atoms with Crippen molar-refractivity contribution in [2.75, 3.05) is 13.1 Å². The van der Waals surface area contributed by atoms with E-state index in [0.29, 0.717) is 25.2 Å². The molecular formula is C17H25ClF2N2O. The van der Waals surface area contributed by atoms with E-state index in [2.05, 4.69) is 0 Å². The largest absolute Gasteiger partial charge is 0.343 e. The topological polar surface area (TPSA) is 46.3 Å². The Labute approximate surface area is 142 Å². The molecule has 1 saturated heterocycles. The van der Waals surface area contributed by atoms with E-state index >= 15 is 0 Å². The average molecular weight is 347 g/mol. The van der Waals surface area contributed by atoms with Gasteiger partial charge in [-0.25, -0.2) is 8.78 Å². The number of carbonyl (C=O) groups is 1. The number of benzene rings is 1.